The van der Waals surface area contributed by atoms with Crippen molar-refractivity contribution in [2.24, 2.45) is 0 Å². The van der Waals surface area contributed by atoms with Crippen LogP contribution in [0.2, 0.25) is 0 Å². The normalized spacial score (nSPS) is 12.8. The maximum absolute atomic E-state index is 12.9. The molecule has 0 saturated heterocycles. The number of rotatable bonds is 9. The first-order valence-corrected chi connectivity index (χ1v) is 11.0. The van der Waals surface area contributed by atoms with Crippen LogP contribution in [0, 0.1) is 0 Å². The van der Waals surface area contributed by atoms with Gasteiger partial charge in [0.2, 0.25) is 0 Å². The van der Waals surface area contributed by atoms with Crippen molar-refractivity contribution >= 4 is 23.0 Å². The van der Waals surface area contributed by atoms with Crippen LogP contribution in [0.15, 0.2) is 66.9 Å². The predicted molar refractivity (Wildman–Crippen MR) is 126 cm³/mol. The molecule has 1 amide bonds. The molecular weight excluding hydrogens is 434 g/mol. The fourth-order valence-electron chi connectivity index (χ4n) is 3.68. The molecule has 9 heteroatoms. The molecule has 2 aromatic heterocycles. The molecule has 2 heterocycles. The van der Waals surface area contributed by atoms with Crippen molar-refractivity contribution in [1.29, 1.82) is 0 Å². The third-order valence-corrected chi connectivity index (χ3v) is 5.39. The van der Waals surface area contributed by atoms with Gasteiger partial charge >= 0.3 is 5.97 Å². The average Bonchev–Trinajstić information content (AvgIpc) is 3.33. The summed E-state index contributed by atoms with van der Waals surface area (Å²) in [7, 11) is 0. The monoisotopic (exact) mass is 459 g/mol. The van der Waals surface area contributed by atoms with Crippen LogP contribution in [0.3, 0.4) is 0 Å². The van der Waals surface area contributed by atoms with E-state index in [4.69, 9.17) is 4.74 Å². The first kappa shape index (κ1) is 23.1. The molecule has 0 fully saturated rings. The molecule has 0 spiro atoms. The van der Waals surface area contributed by atoms with Gasteiger partial charge in [0.15, 0.2) is 11.8 Å². The van der Waals surface area contributed by atoms with E-state index in [1.165, 1.54) is 6.20 Å². The van der Waals surface area contributed by atoms with Gasteiger partial charge < -0.3 is 15.2 Å². The summed E-state index contributed by atoms with van der Waals surface area (Å²) in [6.07, 6.45) is 0.483. The number of fused-ring (bicyclic) bond motifs is 1. The second kappa shape index (κ2) is 10.7. The third-order valence-electron chi connectivity index (χ3n) is 5.39. The Balaban J connectivity index is 1.51. The molecule has 174 valence electrons. The van der Waals surface area contributed by atoms with Crippen molar-refractivity contribution in [2.45, 2.75) is 31.9 Å². The summed E-state index contributed by atoms with van der Waals surface area (Å²) in [5, 5.41) is 23.4. The molecule has 9 nitrogen and oxygen atoms in total. The Bertz CT molecular complexity index is 1260. The molecule has 0 aliphatic carbocycles. The highest BCUT2D eigenvalue weighted by molar-refractivity contribution is 5.96. The minimum Gasteiger partial charge on any atom is -0.464 e. The Hall–Kier alpha value is -4.11. The molecule has 0 radical (unpaired) electrons. The highest BCUT2D eigenvalue weighted by atomic mass is 16.5. The molecular formula is C25H25N5O4. The van der Waals surface area contributed by atoms with Crippen molar-refractivity contribution < 1.29 is 19.4 Å². The predicted octanol–water partition coefficient (Wildman–Crippen LogP) is 2.68. The minimum atomic E-state index is -1.36. The quantitative estimate of drug-likeness (QED) is 0.328. The fourth-order valence-corrected chi connectivity index (χ4v) is 3.68. The summed E-state index contributed by atoms with van der Waals surface area (Å²) in [6.45, 7) is 1.84. The van der Waals surface area contributed by atoms with Crippen molar-refractivity contribution in [2.75, 3.05) is 6.61 Å². The molecule has 4 rings (SSSR count). The number of hydrogen-bond acceptors (Lipinski definition) is 7. The van der Waals surface area contributed by atoms with Crippen LogP contribution < -0.4 is 5.32 Å². The van der Waals surface area contributed by atoms with Gasteiger partial charge in [-0.05, 0) is 36.1 Å². The van der Waals surface area contributed by atoms with Crippen molar-refractivity contribution in [3.63, 3.8) is 0 Å². The number of benzene rings is 2. The summed E-state index contributed by atoms with van der Waals surface area (Å²) >= 11 is 0. The highest BCUT2D eigenvalue weighted by Gasteiger charge is 2.24. The molecule has 2 aromatic carbocycles. The van der Waals surface area contributed by atoms with Crippen LogP contribution in [0.1, 0.15) is 29.3 Å². The van der Waals surface area contributed by atoms with Gasteiger partial charge in [-0.3, -0.25) is 4.79 Å². The first-order valence-electron chi connectivity index (χ1n) is 11.0. The van der Waals surface area contributed by atoms with Crippen molar-refractivity contribution in [3.8, 4) is 11.1 Å². The summed E-state index contributed by atoms with van der Waals surface area (Å²) < 4.78 is 4.92. The number of carbonyl (C=O) groups is 2. The number of nitrogens with one attached hydrogen (secondary N) is 2. The number of hydrogen-bond donors (Lipinski definition) is 3. The third kappa shape index (κ3) is 5.62. The number of aliphatic hydroxyl groups is 1. The van der Waals surface area contributed by atoms with Crippen LogP contribution in [0.4, 0.5) is 0 Å². The largest absolute Gasteiger partial charge is 0.464 e. The number of H-pyrrole nitrogens is 1. The van der Waals surface area contributed by atoms with Gasteiger partial charge in [-0.25, -0.2) is 14.9 Å². The second-order valence-electron chi connectivity index (χ2n) is 7.84. The molecule has 0 unspecified atom stereocenters. The lowest BCUT2D eigenvalue weighted by Crippen LogP contribution is -2.41. The lowest BCUT2D eigenvalue weighted by atomic mass is 9.97. The Kier molecular flexibility index (Phi) is 7.24. The van der Waals surface area contributed by atoms with Gasteiger partial charge in [-0.15, -0.1) is 5.10 Å². The van der Waals surface area contributed by atoms with E-state index in [0.717, 1.165) is 16.7 Å². The maximum Gasteiger partial charge on any atom is 0.335 e. The van der Waals surface area contributed by atoms with Gasteiger partial charge in [0, 0.05) is 18.7 Å². The van der Waals surface area contributed by atoms with Crippen LogP contribution >= 0.6 is 0 Å². The summed E-state index contributed by atoms with van der Waals surface area (Å²) in [4.78, 5) is 29.1. The Labute approximate surface area is 196 Å². The lowest BCUT2D eigenvalue weighted by molar-refractivity contribution is -0.153. The zero-order valence-corrected chi connectivity index (χ0v) is 18.6. The molecule has 0 aliphatic rings. The SMILES string of the molecule is CCOC(=O)[C@H](O)C[C@@H](Cc1ccc(-c2ccccc2)cc1)NC(=O)c1cnc2[nH]nnc2c1. The topological polar surface area (TPSA) is 130 Å². The van der Waals surface area contributed by atoms with E-state index >= 15 is 0 Å². The highest BCUT2D eigenvalue weighted by Crippen LogP contribution is 2.20. The van der Waals surface area contributed by atoms with E-state index in [1.807, 2.05) is 54.6 Å². The van der Waals surface area contributed by atoms with Gasteiger partial charge in [0.25, 0.3) is 5.91 Å². The number of aliphatic hydroxyl groups excluding tert-OH is 1. The smallest absolute Gasteiger partial charge is 0.335 e. The summed E-state index contributed by atoms with van der Waals surface area (Å²) in [5.74, 6) is -1.11. The summed E-state index contributed by atoms with van der Waals surface area (Å²) in [5.41, 5.74) is 4.37. The lowest BCUT2D eigenvalue weighted by Gasteiger charge is -2.21. The standard InChI is InChI=1S/C25H25N5O4/c1-2-34-25(33)22(31)14-20(27-24(32)19-13-21-23(26-15-19)29-30-28-21)12-16-8-10-18(11-9-16)17-6-4-3-5-7-17/h3-11,13,15,20,22,31H,2,12,14H2,1H3,(H,27,32)(H,26,28,29,30)/t20-,22-/m1/s1. The molecule has 0 bridgehead atoms. The number of pyridine rings is 1. The number of esters is 1. The van der Waals surface area contributed by atoms with E-state index in [0.29, 0.717) is 23.1 Å². The average molecular weight is 460 g/mol. The van der Waals surface area contributed by atoms with Gasteiger partial charge in [-0.2, -0.15) is 0 Å². The Morgan fingerprint density at radius 1 is 1.09 bits per heavy atom. The maximum atomic E-state index is 12.9. The van der Waals surface area contributed by atoms with Gasteiger partial charge in [0.1, 0.15) is 5.52 Å². The van der Waals surface area contributed by atoms with E-state index in [9.17, 15) is 14.7 Å². The van der Waals surface area contributed by atoms with Crippen LogP contribution in [0.5, 0.6) is 0 Å². The molecule has 0 saturated carbocycles. The molecule has 3 N–H and O–H groups in total. The number of nitrogens with zero attached hydrogens (tertiary/aromatic N) is 3. The van der Waals surface area contributed by atoms with E-state index in [1.54, 1.807) is 13.0 Å². The second-order valence-corrected chi connectivity index (χ2v) is 7.84. The fraction of sp³-hybridized carbons (Fsp3) is 0.240. The number of ether oxygens (including phenoxy) is 1. The van der Waals surface area contributed by atoms with E-state index in [2.05, 4.69) is 25.7 Å². The van der Waals surface area contributed by atoms with Gasteiger partial charge in [0.05, 0.1) is 12.2 Å². The zero-order chi connectivity index (χ0) is 23.9. The van der Waals surface area contributed by atoms with Crippen molar-refractivity contribution in [3.05, 3.63) is 78.0 Å². The Morgan fingerprint density at radius 3 is 2.56 bits per heavy atom. The molecule has 2 atom stereocenters. The first-order chi connectivity index (χ1) is 16.5. The minimum absolute atomic E-state index is 0.00461. The van der Waals surface area contributed by atoms with E-state index < -0.39 is 18.1 Å². The summed E-state index contributed by atoms with van der Waals surface area (Å²) in [6, 6.07) is 19.0. The number of aromatic amines is 1. The molecule has 4 aromatic rings. The molecule has 34 heavy (non-hydrogen) atoms. The zero-order valence-electron chi connectivity index (χ0n) is 18.6. The van der Waals surface area contributed by atoms with Crippen molar-refractivity contribution in [1.82, 2.24) is 25.7 Å². The van der Waals surface area contributed by atoms with Crippen LogP contribution in [-0.2, 0) is 16.0 Å². The van der Waals surface area contributed by atoms with Crippen LogP contribution in [-0.4, -0.2) is 56.1 Å². The number of amides is 1. The number of carbonyl (C=O) groups excluding carboxylic acids is 2. The molecule has 0 aliphatic heterocycles. The Morgan fingerprint density at radius 2 is 1.82 bits per heavy atom. The van der Waals surface area contributed by atoms with E-state index in [-0.39, 0.29) is 18.9 Å². The van der Waals surface area contributed by atoms with Crippen LogP contribution in [0.25, 0.3) is 22.3 Å². The number of aromatic nitrogens is 4. The van der Waals surface area contributed by atoms with Gasteiger partial charge in [-0.1, -0.05) is 59.8 Å².